The van der Waals surface area contributed by atoms with Crippen LogP contribution in [-0.2, 0) is 16.2 Å². The lowest BCUT2D eigenvalue weighted by molar-refractivity contribution is 0.660. The molecule has 28 rings (SSSR count). The first-order chi connectivity index (χ1) is 70.1. The quantitative estimate of drug-likeness (QED) is 0.108. The molecule has 6 nitrogen and oxygen atoms in total. The molecule has 6 heteroatoms. The Kier molecular flexibility index (Phi) is 20.6. The third kappa shape index (κ3) is 14.8. The van der Waals surface area contributed by atoms with Gasteiger partial charge in [-0.05, 0) is 296 Å². The first-order valence-corrected chi connectivity index (χ1v) is 49.5. The summed E-state index contributed by atoms with van der Waals surface area (Å²) in [6.07, 6.45) is 0. The second-order valence-corrected chi connectivity index (χ2v) is 39.8. The highest BCUT2D eigenvalue weighted by atomic mass is 16.3. The molecule has 3 aliphatic rings. The predicted molar refractivity (Wildman–Crippen MR) is 600 cm³/mol. The third-order valence-corrected chi connectivity index (χ3v) is 30.4. The zero-order valence-corrected chi connectivity index (χ0v) is 80.3. The molecule has 3 aromatic heterocycles. The summed E-state index contributed by atoms with van der Waals surface area (Å²) in [5.41, 5.74) is 43.6. The van der Waals surface area contributed by atoms with E-state index in [2.05, 4.69) is 511 Å². The molecule has 0 amide bonds. The topological polar surface area (TPSA) is 49.1 Å². The van der Waals surface area contributed by atoms with E-state index in [9.17, 15) is 0 Å². The van der Waals surface area contributed by atoms with Gasteiger partial charge in [0.05, 0.1) is 5.69 Å². The Labute approximate surface area is 832 Å². The van der Waals surface area contributed by atoms with Crippen LogP contribution in [0.15, 0.2) is 505 Å². The van der Waals surface area contributed by atoms with Crippen LogP contribution in [0.2, 0.25) is 0 Å². The molecule has 0 atom stereocenters. The Hall–Kier alpha value is -17.8. The van der Waals surface area contributed by atoms with Crippen LogP contribution >= 0.6 is 0 Å². The minimum Gasteiger partial charge on any atom is -0.456 e. The number of nitrogens with zero attached hydrogens (tertiary/aromatic N) is 3. The van der Waals surface area contributed by atoms with Gasteiger partial charge in [-0.2, -0.15) is 0 Å². The SMILES string of the molecule is CC1(C)c2ccccc2-c2ccc(N(c3ccc(-c4ccc5oc6ccccc6c5c4)cc3)c3ccc(-c4cccc5ccccc45)cc3)cc21.CC1(C)c2ccccc2-c2ccc(N(c3ccc(-c4ccc5oc6ccccc6c5c4)cc3)c3cccc4ccccc34)cc21.CC1(C)c2ccccc2-c2ccc(N(c3ccc(-c4ccccc4)cc3)c3ccc(-c4ccc5oc6ccccc6c5c4)cc3)cc21. The fourth-order valence-corrected chi connectivity index (χ4v) is 23.0. The molecule has 22 aromatic carbocycles. The van der Waals surface area contributed by atoms with E-state index in [1.54, 1.807) is 0 Å². The monoisotopic (exact) mass is 1830 g/mol. The average molecular weight is 1840 g/mol. The van der Waals surface area contributed by atoms with E-state index >= 15 is 0 Å². The van der Waals surface area contributed by atoms with Crippen molar-refractivity contribution in [2.45, 2.75) is 57.8 Å². The molecular formula is C137H99N3O3. The fourth-order valence-electron chi connectivity index (χ4n) is 23.0. The Morgan fingerprint density at radius 2 is 0.399 bits per heavy atom. The second kappa shape index (κ2) is 34.3. The standard InChI is InChI=1S/C49H35NO.C45H33NO.C43H31NO/c1-49(2)45-16-7-5-13-41(45)42-28-27-38(31-46(42)49)50(37-25-20-34(21-26-37)40-15-9-11-33-10-3-4-12-39(33)40)36-23-18-32(19-24-36)35-22-29-48-44(30-35)43-14-6-8-17-47(43)51-48;1-45(2)41-14-8-6-12-37(41)38-26-25-36(29-42(38)45)46(34-21-16-31(17-22-34)30-10-4-3-5-11-30)35-23-18-32(19-24-35)33-20-27-44-40(28-33)39-13-7-9-15-43(39)47-44;1-43(2)38-15-7-5-13-34(38)35-24-23-32(27-39(35)43)44(40-16-9-11-29-10-3-4-12-33(29)40)31-21-18-28(19-22-31)30-20-25-42-37(26-30)36-14-6-8-17-41(36)45-42/h3-31H,1-2H3;3-29H,1-2H3;3-27H,1-2H3. The van der Waals surface area contributed by atoms with Gasteiger partial charge in [0, 0.05) is 99.4 Å². The normalized spacial score (nSPS) is 13.1. The van der Waals surface area contributed by atoms with Crippen LogP contribution in [0.5, 0.6) is 0 Å². The van der Waals surface area contributed by atoms with Gasteiger partial charge >= 0.3 is 0 Å². The molecule has 143 heavy (non-hydrogen) atoms. The molecule has 25 aromatic rings. The van der Waals surface area contributed by atoms with E-state index in [4.69, 9.17) is 13.3 Å². The van der Waals surface area contributed by atoms with Gasteiger partial charge in [-0.15, -0.1) is 0 Å². The molecule has 0 unspecified atom stereocenters. The largest absolute Gasteiger partial charge is 0.456 e. The summed E-state index contributed by atoms with van der Waals surface area (Å²) in [6.45, 7) is 14.1. The molecule has 0 spiro atoms. The maximum Gasteiger partial charge on any atom is 0.135 e. The third-order valence-electron chi connectivity index (χ3n) is 30.4. The van der Waals surface area contributed by atoms with E-state index in [-0.39, 0.29) is 16.2 Å². The summed E-state index contributed by atoms with van der Waals surface area (Å²) in [4.78, 5) is 7.19. The summed E-state index contributed by atoms with van der Waals surface area (Å²) in [6, 6.07) is 178. The average Bonchev–Trinajstić information content (AvgIpc) is 1.58. The number of para-hydroxylation sites is 3. The van der Waals surface area contributed by atoms with Gasteiger partial charge in [-0.1, -0.05) is 375 Å². The van der Waals surface area contributed by atoms with Gasteiger partial charge in [0.1, 0.15) is 33.5 Å². The number of anilines is 9. The lowest BCUT2D eigenvalue weighted by atomic mass is 9.82. The van der Waals surface area contributed by atoms with Gasteiger partial charge in [0.25, 0.3) is 0 Å². The van der Waals surface area contributed by atoms with Crippen LogP contribution in [0.4, 0.5) is 51.2 Å². The number of rotatable bonds is 14. The highest BCUT2D eigenvalue weighted by Crippen LogP contribution is 2.56. The lowest BCUT2D eigenvalue weighted by Crippen LogP contribution is -2.16. The number of fused-ring (bicyclic) bond motifs is 20. The molecule has 0 bridgehead atoms. The van der Waals surface area contributed by atoms with Crippen LogP contribution in [0.3, 0.4) is 0 Å². The smallest absolute Gasteiger partial charge is 0.135 e. The van der Waals surface area contributed by atoms with Crippen molar-refractivity contribution in [1.82, 2.24) is 0 Å². The van der Waals surface area contributed by atoms with Crippen LogP contribution in [-0.4, -0.2) is 0 Å². The fraction of sp³-hybridized carbons (Fsp3) is 0.0657. The van der Waals surface area contributed by atoms with Gasteiger partial charge in [0.15, 0.2) is 0 Å². The summed E-state index contributed by atoms with van der Waals surface area (Å²) in [5, 5.41) is 11.8. The number of benzene rings is 22. The van der Waals surface area contributed by atoms with Crippen molar-refractivity contribution in [3.63, 3.8) is 0 Å². The van der Waals surface area contributed by atoms with Crippen molar-refractivity contribution in [2.75, 3.05) is 14.7 Å². The first-order valence-electron chi connectivity index (χ1n) is 49.5. The van der Waals surface area contributed by atoms with Crippen LogP contribution in [0.25, 0.3) is 176 Å². The number of furan rings is 3. The molecule has 0 radical (unpaired) electrons. The van der Waals surface area contributed by atoms with Crippen molar-refractivity contribution in [3.05, 3.63) is 525 Å². The molecule has 0 saturated heterocycles. The molecule has 680 valence electrons. The van der Waals surface area contributed by atoms with Gasteiger partial charge in [-0.25, -0.2) is 0 Å². The van der Waals surface area contributed by atoms with Crippen LogP contribution in [0, 0.1) is 0 Å². The maximum atomic E-state index is 6.11. The minimum atomic E-state index is -0.0917. The highest BCUT2D eigenvalue weighted by Gasteiger charge is 2.40. The Balaban J connectivity index is 0.000000110. The Bertz CT molecular complexity index is 9290. The zero-order chi connectivity index (χ0) is 95.8. The second-order valence-electron chi connectivity index (χ2n) is 39.8. The summed E-state index contributed by atoms with van der Waals surface area (Å²) < 4.78 is 18.3. The maximum absolute atomic E-state index is 6.11. The van der Waals surface area contributed by atoms with E-state index in [0.29, 0.717) is 0 Å². The Morgan fingerprint density at radius 1 is 0.147 bits per heavy atom. The molecule has 0 fully saturated rings. The molecule has 0 saturated carbocycles. The number of hydrogen-bond acceptors (Lipinski definition) is 6. The van der Waals surface area contributed by atoms with E-state index < -0.39 is 0 Å². The molecule has 3 heterocycles. The zero-order valence-electron chi connectivity index (χ0n) is 80.3. The number of hydrogen-bond donors (Lipinski definition) is 0. The van der Waals surface area contributed by atoms with Crippen molar-refractivity contribution in [1.29, 1.82) is 0 Å². The summed E-state index contributed by atoms with van der Waals surface area (Å²) in [5.74, 6) is 0. The molecule has 0 aliphatic heterocycles. The van der Waals surface area contributed by atoms with Crippen molar-refractivity contribution < 1.29 is 13.3 Å². The summed E-state index contributed by atoms with van der Waals surface area (Å²) in [7, 11) is 0. The van der Waals surface area contributed by atoms with Gasteiger partial charge < -0.3 is 28.0 Å². The van der Waals surface area contributed by atoms with Gasteiger partial charge in [-0.3, -0.25) is 0 Å². The van der Waals surface area contributed by atoms with Crippen LogP contribution in [0.1, 0.15) is 74.9 Å². The van der Waals surface area contributed by atoms with Crippen molar-refractivity contribution >= 4 is 139 Å². The summed E-state index contributed by atoms with van der Waals surface area (Å²) >= 11 is 0. The minimum absolute atomic E-state index is 0.0773. The van der Waals surface area contributed by atoms with Gasteiger partial charge in [0.2, 0.25) is 0 Å². The predicted octanol–water partition coefficient (Wildman–Crippen LogP) is 38.7. The van der Waals surface area contributed by atoms with E-state index in [0.717, 1.165) is 111 Å². The van der Waals surface area contributed by atoms with E-state index in [1.165, 1.54) is 150 Å². The molecular weight excluding hydrogens is 1740 g/mol. The van der Waals surface area contributed by atoms with E-state index in [1.807, 2.05) is 36.4 Å². The van der Waals surface area contributed by atoms with Crippen molar-refractivity contribution in [3.8, 4) is 89.0 Å². The highest BCUT2D eigenvalue weighted by molar-refractivity contribution is 6.10. The van der Waals surface area contributed by atoms with Crippen molar-refractivity contribution in [2.24, 2.45) is 0 Å². The Morgan fingerprint density at radius 3 is 0.790 bits per heavy atom. The molecule has 3 aliphatic carbocycles. The lowest BCUT2D eigenvalue weighted by Gasteiger charge is -2.29. The molecule has 0 N–H and O–H groups in total. The first kappa shape index (κ1) is 85.6. The van der Waals surface area contributed by atoms with Crippen LogP contribution < -0.4 is 14.7 Å².